The molecular formula is C14H18N2O2S2. The first-order valence-corrected chi connectivity index (χ1v) is 9.24. The van der Waals surface area contributed by atoms with E-state index < -0.39 is 10.0 Å². The van der Waals surface area contributed by atoms with Crippen molar-refractivity contribution in [3.05, 3.63) is 29.8 Å². The number of sulfonamides is 1. The molecule has 0 bridgehead atoms. The highest BCUT2D eigenvalue weighted by Gasteiger charge is 2.31. The predicted octanol–water partition coefficient (Wildman–Crippen LogP) is 2.51. The third kappa shape index (κ3) is 3.54. The molecule has 1 aliphatic rings. The van der Waals surface area contributed by atoms with E-state index in [1.165, 1.54) is 12.1 Å². The molecule has 1 aromatic carbocycles. The maximum absolute atomic E-state index is 12.4. The van der Waals surface area contributed by atoms with E-state index in [9.17, 15) is 8.42 Å². The van der Waals surface area contributed by atoms with E-state index in [-0.39, 0.29) is 10.9 Å². The van der Waals surface area contributed by atoms with Crippen LogP contribution in [0.25, 0.3) is 0 Å². The van der Waals surface area contributed by atoms with Crippen molar-refractivity contribution in [1.29, 1.82) is 5.26 Å². The Morgan fingerprint density at radius 1 is 1.45 bits per heavy atom. The lowest BCUT2D eigenvalue weighted by atomic mass is 10.2. The van der Waals surface area contributed by atoms with Gasteiger partial charge in [0.15, 0.2) is 0 Å². The number of nitriles is 1. The Morgan fingerprint density at radius 2 is 2.25 bits per heavy atom. The summed E-state index contributed by atoms with van der Waals surface area (Å²) in [4.78, 5) is 0.170. The van der Waals surface area contributed by atoms with E-state index in [0.29, 0.717) is 10.8 Å². The number of nitrogens with zero attached hydrogens (tertiary/aromatic N) is 1. The first kappa shape index (κ1) is 15.4. The maximum atomic E-state index is 12.4. The standard InChI is InChI=1S/C14H18N2O2S2/c1-2-19-14-8-4-7-13(14)16-20(17,18)12-6-3-5-11(9-12)10-15/h3,5-6,9,13-14,16H,2,4,7-8H2,1H3. The van der Waals surface area contributed by atoms with Gasteiger partial charge in [0.05, 0.1) is 16.5 Å². The van der Waals surface area contributed by atoms with Gasteiger partial charge in [0.25, 0.3) is 0 Å². The molecule has 2 rings (SSSR count). The Morgan fingerprint density at radius 3 is 2.95 bits per heavy atom. The molecule has 1 N–H and O–H groups in total. The van der Waals surface area contributed by atoms with Crippen LogP contribution < -0.4 is 4.72 Å². The fraction of sp³-hybridized carbons (Fsp3) is 0.500. The van der Waals surface area contributed by atoms with E-state index in [1.807, 2.05) is 17.8 Å². The summed E-state index contributed by atoms with van der Waals surface area (Å²) in [5, 5.41) is 9.21. The van der Waals surface area contributed by atoms with Crippen LogP contribution in [0.15, 0.2) is 29.2 Å². The van der Waals surface area contributed by atoms with E-state index in [4.69, 9.17) is 5.26 Å². The molecule has 0 spiro atoms. The third-order valence-corrected chi connectivity index (χ3v) is 6.23. The predicted molar refractivity (Wildman–Crippen MR) is 81.0 cm³/mol. The zero-order chi connectivity index (χ0) is 14.6. The van der Waals surface area contributed by atoms with Crippen LogP contribution in [0.3, 0.4) is 0 Å². The molecule has 0 amide bonds. The van der Waals surface area contributed by atoms with Crippen molar-refractivity contribution >= 4 is 21.8 Å². The van der Waals surface area contributed by atoms with Gasteiger partial charge < -0.3 is 0 Å². The molecule has 0 heterocycles. The number of hydrogen-bond acceptors (Lipinski definition) is 4. The van der Waals surface area contributed by atoms with Crippen LogP contribution in [-0.4, -0.2) is 25.5 Å². The largest absolute Gasteiger partial charge is 0.240 e. The molecule has 0 aliphatic heterocycles. The van der Waals surface area contributed by atoms with Crippen LogP contribution in [0, 0.1) is 11.3 Å². The topological polar surface area (TPSA) is 70.0 Å². The van der Waals surface area contributed by atoms with Crippen LogP contribution in [0.1, 0.15) is 31.7 Å². The van der Waals surface area contributed by atoms with Crippen molar-refractivity contribution in [3.8, 4) is 6.07 Å². The number of benzene rings is 1. The average molecular weight is 310 g/mol. The highest BCUT2D eigenvalue weighted by molar-refractivity contribution is 8.00. The van der Waals surface area contributed by atoms with E-state index >= 15 is 0 Å². The van der Waals surface area contributed by atoms with E-state index in [0.717, 1.165) is 25.0 Å². The summed E-state index contributed by atoms with van der Waals surface area (Å²) in [6.07, 6.45) is 3.00. The smallest absolute Gasteiger partial charge is 0.207 e. The summed E-state index contributed by atoms with van der Waals surface area (Å²) in [7, 11) is -3.54. The molecule has 108 valence electrons. The fourth-order valence-electron chi connectivity index (χ4n) is 2.47. The molecule has 0 radical (unpaired) electrons. The minimum absolute atomic E-state index is 0.00399. The minimum Gasteiger partial charge on any atom is -0.207 e. The second-order valence-electron chi connectivity index (χ2n) is 4.79. The van der Waals surface area contributed by atoms with Crippen molar-refractivity contribution in [2.45, 2.75) is 42.4 Å². The monoisotopic (exact) mass is 310 g/mol. The lowest BCUT2D eigenvalue weighted by Gasteiger charge is -2.20. The van der Waals surface area contributed by atoms with Gasteiger partial charge >= 0.3 is 0 Å². The lowest BCUT2D eigenvalue weighted by Crippen LogP contribution is -2.38. The van der Waals surface area contributed by atoms with Gasteiger partial charge in [-0.05, 0) is 36.8 Å². The maximum Gasteiger partial charge on any atom is 0.240 e. The summed E-state index contributed by atoms with van der Waals surface area (Å²) < 4.78 is 27.6. The SMILES string of the molecule is CCSC1CCCC1NS(=O)(=O)c1cccc(C#N)c1. The van der Waals surface area contributed by atoms with Gasteiger partial charge in [-0.25, -0.2) is 13.1 Å². The van der Waals surface area contributed by atoms with Gasteiger partial charge in [0.1, 0.15) is 0 Å². The van der Waals surface area contributed by atoms with Crippen molar-refractivity contribution in [1.82, 2.24) is 4.72 Å². The van der Waals surface area contributed by atoms with Crippen LogP contribution in [-0.2, 0) is 10.0 Å². The van der Waals surface area contributed by atoms with Crippen LogP contribution in [0.5, 0.6) is 0 Å². The van der Waals surface area contributed by atoms with E-state index in [1.54, 1.807) is 12.1 Å². The molecular weight excluding hydrogens is 292 g/mol. The highest BCUT2D eigenvalue weighted by Crippen LogP contribution is 2.30. The van der Waals surface area contributed by atoms with Crippen molar-refractivity contribution in [2.75, 3.05) is 5.75 Å². The first-order valence-electron chi connectivity index (χ1n) is 6.71. The molecule has 20 heavy (non-hydrogen) atoms. The molecule has 2 atom stereocenters. The molecule has 6 heteroatoms. The van der Waals surface area contributed by atoms with Gasteiger partial charge in [0.2, 0.25) is 10.0 Å². The quantitative estimate of drug-likeness (QED) is 0.907. The molecule has 4 nitrogen and oxygen atoms in total. The fourth-order valence-corrected chi connectivity index (χ4v) is 5.12. The van der Waals surface area contributed by atoms with Gasteiger partial charge in [-0.3, -0.25) is 0 Å². The summed E-state index contributed by atoms with van der Waals surface area (Å²) in [5.74, 6) is 0.993. The van der Waals surface area contributed by atoms with Gasteiger partial charge in [-0.1, -0.05) is 19.4 Å². The second-order valence-corrected chi connectivity index (χ2v) is 8.02. The van der Waals surface area contributed by atoms with Gasteiger partial charge in [-0.15, -0.1) is 0 Å². The van der Waals surface area contributed by atoms with Gasteiger partial charge in [-0.2, -0.15) is 17.0 Å². The normalized spacial score (nSPS) is 22.6. The minimum atomic E-state index is -3.54. The molecule has 0 aromatic heterocycles. The van der Waals surface area contributed by atoms with Crippen molar-refractivity contribution < 1.29 is 8.42 Å². The Balaban J connectivity index is 2.16. The zero-order valence-corrected chi connectivity index (χ0v) is 13.0. The third-order valence-electron chi connectivity index (χ3n) is 3.41. The Labute approximate surface area is 124 Å². The first-order chi connectivity index (χ1) is 9.56. The van der Waals surface area contributed by atoms with E-state index in [2.05, 4.69) is 11.6 Å². The summed E-state index contributed by atoms with van der Waals surface area (Å²) >= 11 is 1.81. The number of thioether (sulfide) groups is 1. The Kier molecular flexibility index (Phi) is 5.08. The summed E-state index contributed by atoms with van der Waals surface area (Å²) in [6, 6.07) is 8.10. The molecule has 1 saturated carbocycles. The average Bonchev–Trinajstić information content (AvgIpc) is 2.86. The molecule has 2 unspecified atom stereocenters. The Bertz CT molecular complexity index is 608. The molecule has 1 fully saturated rings. The molecule has 0 saturated heterocycles. The number of rotatable bonds is 5. The van der Waals surface area contributed by atoms with Crippen LogP contribution in [0.4, 0.5) is 0 Å². The van der Waals surface area contributed by atoms with Gasteiger partial charge in [0, 0.05) is 11.3 Å². The summed E-state index contributed by atoms with van der Waals surface area (Å²) in [5.41, 5.74) is 0.360. The molecule has 1 aromatic rings. The number of nitrogens with one attached hydrogen (secondary N) is 1. The van der Waals surface area contributed by atoms with Crippen LogP contribution >= 0.6 is 11.8 Å². The lowest BCUT2D eigenvalue weighted by molar-refractivity contribution is 0.555. The highest BCUT2D eigenvalue weighted by atomic mass is 32.2. The Hall–Kier alpha value is -1.03. The van der Waals surface area contributed by atoms with Crippen LogP contribution in [0.2, 0.25) is 0 Å². The number of hydrogen-bond donors (Lipinski definition) is 1. The van der Waals surface area contributed by atoms with Crippen molar-refractivity contribution in [2.24, 2.45) is 0 Å². The van der Waals surface area contributed by atoms with Crippen molar-refractivity contribution in [3.63, 3.8) is 0 Å². The zero-order valence-electron chi connectivity index (χ0n) is 11.4. The summed E-state index contributed by atoms with van der Waals surface area (Å²) in [6.45, 7) is 2.09. The second kappa shape index (κ2) is 6.61. The molecule has 1 aliphatic carbocycles.